The topological polar surface area (TPSA) is 147 Å². The van der Waals surface area contributed by atoms with Gasteiger partial charge in [0, 0.05) is 30.2 Å². The van der Waals surface area contributed by atoms with E-state index >= 15 is 0 Å². The zero-order chi connectivity index (χ0) is 25.0. The molecule has 11 heteroatoms. The third kappa shape index (κ3) is 3.60. The molecule has 1 aromatic carbocycles. The first-order chi connectivity index (χ1) is 17.4. The van der Waals surface area contributed by atoms with Crippen molar-refractivity contribution in [3.8, 4) is 17.2 Å². The zero-order valence-electron chi connectivity index (χ0n) is 19.3. The number of nitrogen functional groups attached to an aromatic ring is 1. The molecule has 6 rings (SSSR count). The number of fused-ring (bicyclic) bond motifs is 3. The number of nitrogens with one attached hydrogen (secondary N) is 1. The highest BCUT2D eigenvalue weighted by Gasteiger charge is 2.49. The molecular weight excluding hydrogens is 480 g/mol. The molecule has 3 N–H and O–H groups in total. The molecule has 3 atom stereocenters. The van der Waals surface area contributed by atoms with Gasteiger partial charge in [-0.3, -0.25) is 4.79 Å². The number of nitrogens with zero attached hydrogens (tertiary/aromatic N) is 6. The van der Waals surface area contributed by atoms with Gasteiger partial charge in [-0.1, -0.05) is 22.8 Å². The summed E-state index contributed by atoms with van der Waals surface area (Å²) in [6.45, 7) is 2.67. The second-order valence-electron chi connectivity index (χ2n) is 9.19. The van der Waals surface area contributed by atoms with Crippen molar-refractivity contribution in [2.75, 3.05) is 17.2 Å². The SMILES string of the molecule is Cc1cc2c(N)noc2c(N2CC3CCC2C3NC(=O)c2ccc(-c3cnc(C#N)nc3)cc2Cl)n1. The maximum absolute atomic E-state index is 13.2. The lowest BCUT2D eigenvalue weighted by atomic mass is 10.0. The fourth-order valence-corrected chi connectivity index (χ4v) is 5.63. The van der Waals surface area contributed by atoms with Crippen molar-refractivity contribution in [2.45, 2.75) is 31.8 Å². The van der Waals surface area contributed by atoms with Gasteiger partial charge in [0.2, 0.25) is 11.4 Å². The third-order valence-electron chi connectivity index (χ3n) is 7.05. The van der Waals surface area contributed by atoms with Crippen molar-refractivity contribution in [1.82, 2.24) is 25.4 Å². The van der Waals surface area contributed by atoms with Crippen LogP contribution in [0.2, 0.25) is 5.02 Å². The monoisotopic (exact) mass is 500 g/mol. The van der Waals surface area contributed by atoms with Gasteiger partial charge in [-0.25, -0.2) is 15.0 Å². The van der Waals surface area contributed by atoms with Crippen LogP contribution in [0.4, 0.5) is 11.6 Å². The molecule has 1 aliphatic heterocycles. The summed E-state index contributed by atoms with van der Waals surface area (Å²) in [7, 11) is 0. The molecule has 3 unspecified atom stereocenters. The lowest BCUT2D eigenvalue weighted by Crippen LogP contribution is -2.44. The summed E-state index contributed by atoms with van der Waals surface area (Å²) in [4.78, 5) is 28.2. The number of anilines is 2. The molecule has 180 valence electrons. The van der Waals surface area contributed by atoms with Crippen LogP contribution in [0.3, 0.4) is 0 Å². The van der Waals surface area contributed by atoms with Gasteiger partial charge in [0.05, 0.1) is 28.1 Å². The number of pyridine rings is 1. The molecule has 2 bridgehead atoms. The van der Waals surface area contributed by atoms with E-state index in [1.165, 1.54) is 0 Å². The van der Waals surface area contributed by atoms with E-state index < -0.39 is 0 Å². The highest BCUT2D eigenvalue weighted by molar-refractivity contribution is 6.34. The van der Waals surface area contributed by atoms with Crippen LogP contribution >= 0.6 is 11.6 Å². The molecule has 4 heterocycles. The van der Waals surface area contributed by atoms with E-state index in [0.29, 0.717) is 33.4 Å². The van der Waals surface area contributed by atoms with Crippen molar-refractivity contribution in [1.29, 1.82) is 5.26 Å². The fourth-order valence-electron chi connectivity index (χ4n) is 5.36. The number of benzene rings is 1. The Morgan fingerprint density at radius 1 is 1.25 bits per heavy atom. The number of nitriles is 1. The summed E-state index contributed by atoms with van der Waals surface area (Å²) in [5.74, 6) is 1.21. The van der Waals surface area contributed by atoms with Crippen molar-refractivity contribution in [3.63, 3.8) is 0 Å². The maximum atomic E-state index is 13.2. The van der Waals surface area contributed by atoms with Crippen molar-refractivity contribution >= 4 is 40.1 Å². The van der Waals surface area contributed by atoms with Gasteiger partial charge < -0.3 is 20.5 Å². The van der Waals surface area contributed by atoms with Gasteiger partial charge in [-0.2, -0.15) is 5.26 Å². The third-order valence-corrected chi connectivity index (χ3v) is 7.36. The van der Waals surface area contributed by atoms with E-state index in [2.05, 4.69) is 25.3 Å². The minimum absolute atomic E-state index is 0.0437. The van der Waals surface area contributed by atoms with E-state index in [4.69, 9.17) is 32.1 Å². The number of rotatable bonds is 4. The van der Waals surface area contributed by atoms with Gasteiger partial charge >= 0.3 is 0 Å². The first-order valence-corrected chi connectivity index (χ1v) is 11.9. The summed E-state index contributed by atoms with van der Waals surface area (Å²) < 4.78 is 5.51. The summed E-state index contributed by atoms with van der Waals surface area (Å²) >= 11 is 6.51. The number of nitrogens with two attached hydrogens (primary N) is 1. The first-order valence-electron chi connectivity index (χ1n) is 11.5. The van der Waals surface area contributed by atoms with Gasteiger partial charge in [-0.15, -0.1) is 0 Å². The van der Waals surface area contributed by atoms with E-state index in [1.54, 1.807) is 30.6 Å². The quantitative estimate of drug-likeness (QED) is 0.429. The van der Waals surface area contributed by atoms with Crippen molar-refractivity contribution < 1.29 is 9.32 Å². The van der Waals surface area contributed by atoms with Crippen molar-refractivity contribution in [3.05, 3.63) is 58.8 Å². The van der Waals surface area contributed by atoms with Crippen LogP contribution in [-0.4, -0.2) is 44.6 Å². The average Bonchev–Trinajstić information content (AvgIpc) is 3.56. The smallest absolute Gasteiger partial charge is 0.253 e. The van der Waals surface area contributed by atoms with Crippen LogP contribution in [0.25, 0.3) is 22.1 Å². The molecule has 36 heavy (non-hydrogen) atoms. The zero-order valence-corrected chi connectivity index (χ0v) is 20.0. The van der Waals surface area contributed by atoms with E-state index in [0.717, 1.165) is 36.0 Å². The van der Waals surface area contributed by atoms with Gasteiger partial charge in [-0.05, 0) is 49.4 Å². The summed E-state index contributed by atoms with van der Waals surface area (Å²) in [5, 5.41) is 17.1. The first kappa shape index (κ1) is 22.2. The van der Waals surface area contributed by atoms with Crippen LogP contribution < -0.4 is 16.0 Å². The number of hydrogen-bond donors (Lipinski definition) is 2. The molecule has 1 aliphatic carbocycles. The largest absolute Gasteiger partial charge is 0.380 e. The minimum atomic E-state index is -0.224. The predicted octanol–water partition coefficient (Wildman–Crippen LogP) is 3.49. The number of piperidine rings is 1. The summed E-state index contributed by atoms with van der Waals surface area (Å²) in [5.41, 5.74) is 9.24. The molecule has 3 aromatic heterocycles. The number of amides is 1. The number of carbonyl (C=O) groups is 1. The van der Waals surface area contributed by atoms with Crippen LogP contribution in [0.5, 0.6) is 0 Å². The Morgan fingerprint density at radius 2 is 2.06 bits per heavy atom. The average molecular weight is 501 g/mol. The van der Waals surface area contributed by atoms with Crippen molar-refractivity contribution in [2.24, 2.45) is 5.92 Å². The molecular formula is C25H21ClN8O2. The predicted molar refractivity (Wildman–Crippen MR) is 133 cm³/mol. The highest BCUT2D eigenvalue weighted by atomic mass is 35.5. The number of aromatic nitrogens is 4. The summed E-state index contributed by atoms with van der Waals surface area (Å²) in [6, 6.07) is 8.99. The van der Waals surface area contributed by atoms with Crippen LogP contribution in [-0.2, 0) is 0 Å². The molecule has 0 radical (unpaired) electrons. The Bertz CT molecular complexity index is 1540. The Morgan fingerprint density at radius 3 is 2.81 bits per heavy atom. The fraction of sp³-hybridized carbons (Fsp3) is 0.280. The molecule has 1 amide bonds. The second kappa shape index (κ2) is 8.46. The molecule has 4 aromatic rings. The molecule has 1 saturated heterocycles. The van der Waals surface area contributed by atoms with Crippen LogP contribution in [0.15, 0.2) is 41.2 Å². The van der Waals surface area contributed by atoms with E-state index in [9.17, 15) is 4.79 Å². The van der Waals surface area contributed by atoms with Crippen LogP contribution in [0.1, 0.15) is 34.7 Å². The van der Waals surface area contributed by atoms with Gasteiger partial charge in [0.25, 0.3) is 5.91 Å². The molecule has 2 aliphatic rings. The maximum Gasteiger partial charge on any atom is 0.253 e. The van der Waals surface area contributed by atoms with Gasteiger partial charge in [0.15, 0.2) is 11.6 Å². The van der Waals surface area contributed by atoms with E-state index in [1.807, 2.05) is 19.1 Å². The Kier molecular flexibility index (Phi) is 5.23. The van der Waals surface area contributed by atoms with E-state index in [-0.39, 0.29) is 29.7 Å². The number of hydrogen-bond acceptors (Lipinski definition) is 9. The minimum Gasteiger partial charge on any atom is -0.380 e. The number of carbonyl (C=O) groups excluding carboxylic acids is 1. The lowest BCUT2D eigenvalue weighted by molar-refractivity contribution is 0.0932. The highest BCUT2D eigenvalue weighted by Crippen LogP contribution is 2.43. The van der Waals surface area contributed by atoms with Gasteiger partial charge in [0.1, 0.15) is 6.07 Å². The Hall–Kier alpha value is -4.23. The number of aryl methyl sites for hydroxylation is 1. The lowest BCUT2D eigenvalue weighted by Gasteiger charge is -2.28. The molecule has 2 fully saturated rings. The normalized spacial score (nSPS) is 20.6. The number of halogens is 1. The standard InChI is InChI=1S/C25H21ClN8O2/c1-12-6-17-22(36-33-23(17)28)24(31-12)34-11-14-3-5-19(34)21(14)32-25(35)16-4-2-13(7-18(16)26)15-9-29-20(8-27)30-10-15/h2,4,6-7,9-10,14,19,21H,3,5,11H2,1H3,(H2,28,33)(H,32,35). The Labute approximate surface area is 211 Å². The Balaban J connectivity index is 1.23. The summed E-state index contributed by atoms with van der Waals surface area (Å²) in [6.07, 6.45) is 5.06. The molecule has 0 spiro atoms. The molecule has 1 saturated carbocycles. The second-order valence-corrected chi connectivity index (χ2v) is 9.60. The molecule has 10 nitrogen and oxygen atoms in total. The van der Waals surface area contributed by atoms with Crippen LogP contribution in [0, 0.1) is 24.2 Å².